The second-order valence-corrected chi connectivity index (χ2v) is 15.4. The number of carbonyl (C=O) groups is 3. The number of ether oxygens (including phenoxy) is 1. The van der Waals surface area contributed by atoms with Gasteiger partial charge in [0.25, 0.3) is 11.5 Å². The summed E-state index contributed by atoms with van der Waals surface area (Å²) in [7, 11) is 4.99. The number of nitrogens with one attached hydrogen (secondary N) is 4. The van der Waals surface area contributed by atoms with E-state index >= 15 is 0 Å². The molecular formula is C38H42ClN11O5. The molecule has 6 heterocycles. The molecule has 2 aliphatic heterocycles. The Morgan fingerprint density at radius 2 is 1.93 bits per heavy atom. The third kappa shape index (κ3) is 6.79. The van der Waals surface area contributed by atoms with Gasteiger partial charge in [-0.2, -0.15) is 10.1 Å². The highest BCUT2D eigenvalue weighted by Crippen LogP contribution is 2.48. The van der Waals surface area contributed by atoms with E-state index in [2.05, 4.69) is 49.1 Å². The van der Waals surface area contributed by atoms with E-state index in [0.717, 1.165) is 48.9 Å². The van der Waals surface area contributed by atoms with Crippen molar-refractivity contribution in [3.8, 4) is 5.75 Å². The number of benzene rings is 1. The van der Waals surface area contributed by atoms with Crippen LogP contribution in [-0.4, -0.2) is 79.8 Å². The Kier molecular flexibility index (Phi) is 9.31. The Bertz CT molecular complexity index is 2420. The molecule has 55 heavy (non-hydrogen) atoms. The molecule has 4 N–H and O–H groups in total. The topological polar surface area (TPSA) is 190 Å². The number of hydrogen-bond donors (Lipinski definition) is 4. The summed E-state index contributed by atoms with van der Waals surface area (Å²) >= 11 is 6.56. The van der Waals surface area contributed by atoms with E-state index < -0.39 is 11.5 Å². The number of halogens is 1. The number of imide groups is 1. The number of hydrogen-bond acceptors (Lipinski definition) is 12. The van der Waals surface area contributed by atoms with Gasteiger partial charge in [0.15, 0.2) is 18.2 Å². The van der Waals surface area contributed by atoms with Gasteiger partial charge in [0.05, 0.1) is 40.9 Å². The molecule has 1 aromatic carbocycles. The van der Waals surface area contributed by atoms with Gasteiger partial charge in [-0.25, -0.2) is 9.97 Å². The fourth-order valence-corrected chi connectivity index (χ4v) is 8.56. The van der Waals surface area contributed by atoms with Gasteiger partial charge in [-0.1, -0.05) is 30.7 Å². The lowest BCUT2D eigenvalue weighted by molar-refractivity contribution is -0.134. The minimum atomic E-state index is -0.450. The largest absolute Gasteiger partial charge is 0.478 e. The number of likely N-dealkylation sites (N-methyl/N-ethyl adjacent to an activating group) is 1. The zero-order valence-corrected chi connectivity index (χ0v) is 31.7. The zero-order valence-electron chi connectivity index (χ0n) is 31.0. The molecule has 3 atom stereocenters. The normalized spacial score (nSPS) is 20.7. The predicted octanol–water partition coefficient (Wildman–Crippen LogP) is 3.76. The van der Waals surface area contributed by atoms with Crippen LogP contribution in [0.25, 0.3) is 21.9 Å². The summed E-state index contributed by atoms with van der Waals surface area (Å²) in [6.45, 7) is 3.69. The van der Waals surface area contributed by atoms with Gasteiger partial charge in [0.2, 0.25) is 17.8 Å². The minimum absolute atomic E-state index is 0.0390. The molecule has 2 saturated heterocycles. The van der Waals surface area contributed by atoms with E-state index in [4.69, 9.17) is 26.4 Å². The summed E-state index contributed by atoms with van der Waals surface area (Å²) in [5.41, 5.74) is 3.46. The molecule has 17 heteroatoms. The van der Waals surface area contributed by atoms with Gasteiger partial charge in [-0.15, -0.1) is 0 Å². The summed E-state index contributed by atoms with van der Waals surface area (Å²) < 4.78 is 8.70. The van der Waals surface area contributed by atoms with Gasteiger partial charge in [-0.3, -0.25) is 33.7 Å². The van der Waals surface area contributed by atoms with Crippen molar-refractivity contribution in [1.82, 2.24) is 39.9 Å². The molecule has 3 amide bonds. The lowest BCUT2D eigenvalue weighted by Crippen LogP contribution is -2.60. The Labute approximate surface area is 321 Å². The number of para-hydroxylation sites is 1. The molecule has 5 aromatic rings. The number of rotatable bonds is 9. The molecule has 8 rings (SSSR count). The van der Waals surface area contributed by atoms with Crippen LogP contribution in [0.1, 0.15) is 50.6 Å². The van der Waals surface area contributed by atoms with Crippen molar-refractivity contribution < 1.29 is 19.1 Å². The molecule has 286 valence electrons. The number of anilines is 4. The number of piperidine rings is 1. The first-order chi connectivity index (χ1) is 26.4. The number of amides is 3. The second-order valence-electron chi connectivity index (χ2n) is 15.0. The quantitative estimate of drug-likeness (QED) is 0.159. The summed E-state index contributed by atoms with van der Waals surface area (Å²) in [6.07, 6.45) is 7.05. The Balaban J connectivity index is 0.925. The summed E-state index contributed by atoms with van der Waals surface area (Å²) in [6, 6.07) is 9.71. The smallest absolute Gasteiger partial charge is 0.294 e. The number of carbonyl (C=O) groups excluding carboxylic acids is 3. The van der Waals surface area contributed by atoms with E-state index in [9.17, 15) is 19.2 Å². The highest BCUT2D eigenvalue weighted by Gasteiger charge is 2.48. The van der Waals surface area contributed by atoms with Crippen molar-refractivity contribution in [2.24, 2.45) is 25.4 Å². The molecule has 1 spiro atoms. The van der Waals surface area contributed by atoms with E-state index in [1.54, 1.807) is 25.5 Å². The fraction of sp³-hybridized carbons (Fsp3) is 0.421. The minimum Gasteiger partial charge on any atom is -0.478 e. The standard InChI is InChI=1S/C38H42ClN11O5/c1-20-14-38(11-10-26(20)44-27-7-5-6-23-31(47-49(4)32(23)27)24-8-9-29(51)45-35(24)53)18-50(19-38)37-42-16-25(39)33(46-37)43-22-12-21-13-28(55-17-30(52)40-2)36(54)48(3)34(21)41-15-22/h5-7,12-13,15-16,20,24,26,44H,8-11,14,17-19H2,1-4H3,(H,40,52)(H,42,43,46)(H,45,51,53). The molecule has 0 radical (unpaired) electrons. The molecule has 1 saturated carbocycles. The maximum atomic E-state index is 12.8. The van der Waals surface area contributed by atoms with Crippen LogP contribution in [0.2, 0.25) is 5.02 Å². The highest BCUT2D eigenvalue weighted by atomic mass is 35.5. The Morgan fingerprint density at radius 1 is 1.11 bits per heavy atom. The molecule has 3 unspecified atom stereocenters. The predicted molar refractivity (Wildman–Crippen MR) is 208 cm³/mol. The van der Waals surface area contributed by atoms with Crippen molar-refractivity contribution in [2.45, 2.75) is 51.0 Å². The first kappa shape index (κ1) is 36.2. The van der Waals surface area contributed by atoms with Crippen LogP contribution in [0.5, 0.6) is 5.75 Å². The Hall–Kier alpha value is -5.77. The number of nitrogens with zero attached hydrogens (tertiary/aromatic N) is 7. The highest BCUT2D eigenvalue weighted by molar-refractivity contribution is 6.33. The van der Waals surface area contributed by atoms with E-state index in [-0.39, 0.29) is 41.5 Å². The van der Waals surface area contributed by atoms with Gasteiger partial charge in [-0.05, 0) is 49.8 Å². The van der Waals surface area contributed by atoms with Gasteiger partial charge >= 0.3 is 0 Å². The number of fused-ring (bicyclic) bond motifs is 2. The zero-order chi connectivity index (χ0) is 38.6. The van der Waals surface area contributed by atoms with Crippen molar-refractivity contribution in [2.75, 3.05) is 42.3 Å². The van der Waals surface area contributed by atoms with Gasteiger partial charge in [0.1, 0.15) is 10.7 Å². The molecular weight excluding hydrogens is 726 g/mol. The van der Waals surface area contributed by atoms with Crippen molar-refractivity contribution in [3.05, 3.63) is 63.8 Å². The van der Waals surface area contributed by atoms with Crippen LogP contribution in [0.4, 0.5) is 23.1 Å². The molecule has 4 aromatic heterocycles. The van der Waals surface area contributed by atoms with Crippen LogP contribution in [0.15, 0.2) is 47.5 Å². The van der Waals surface area contributed by atoms with Gasteiger partial charge in [0, 0.05) is 62.9 Å². The monoisotopic (exact) mass is 767 g/mol. The number of pyridine rings is 2. The molecule has 0 bridgehead atoms. The average molecular weight is 768 g/mol. The lowest BCUT2D eigenvalue weighted by Gasteiger charge is -2.55. The van der Waals surface area contributed by atoms with Crippen molar-refractivity contribution in [1.29, 1.82) is 0 Å². The first-order valence-electron chi connectivity index (χ1n) is 18.4. The maximum Gasteiger partial charge on any atom is 0.294 e. The van der Waals surface area contributed by atoms with Crippen LogP contribution in [-0.2, 0) is 28.5 Å². The second kappa shape index (κ2) is 14.1. The fourth-order valence-electron chi connectivity index (χ4n) is 8.42. The average Bonchev–Trinajstić information content (AvgIpc) is 3.49. The SMILES string of the molecule is CNC(=O)COc1cc2cc(Nc3nc(N4CC5(CCC(Nc6cccc7c(C8CCC(=O)NC8=O)nn(C)c67)C(C)C5)C4)ncc3Cl)cnc2n(C)c1=O. The van der Waals surface area contributed by atoms with Crippen molar-refractivity contribution >= 4 is 74.4 Å². The van der Waals surface area contributed by atoms with E-state index in [1.807, 2.05) is 29.9 Å². The summed E-state index contributed by atoms with van der Waals surface area (Å²) in [4.78, 5) is 64.9. The number of aromatic nitrogens is 6. The molecule has 3 aliphatic rings. The lowest BCUT2D eigenvalue weighted by atomic mass is 9.64. The maximum absolute atomic E-state index is 12.8. The van der Waals surface area contributed by atoms with Crippen LogP contribution >= 0.6 is 11.6 Å². The third-order valence-corrected chi connectivity index (χ3v) is 11.5. The third-order valence-electron chi connectivity index (χ3n) is 11.2. The number of aryl methyl sites for hydroxylation is 2. The molecule has 16 nitrogen and oxygen atoms in total. The van der Waals surface area contributed by atoms with Crippen LogP contribution in [0, 0.1) is 11.3 Å². The van der Waals surface area contributed by atoms with Gasteiger partial charge < -0.3 is 25.6 Å². The van der Waals surface area contributed by atoms with Crippen LogP contribution < -0.4 is 36.5 Å². The summed E-state index contributed by atoms with van der Waals surface area (Å²) in [5, 5.41) is 18.7. The van der Waals surface area contributed by atoms with E-state index in [1.165, 1.54) is 11.6 Å². The van der Waals surface area contributed by atoms with E-state index in [0.29, 0.717) is 58.0 Å². The molecule has 3 fully saturated rings. The first-order valence-corrected chi connectivity index (χ1v) is 18.7. The van der Waals surface area contributed by atoms with Crippen LogP contribution in [0.3, 0.4) is 0 Å². The molecule has 1 aliphatic carbocycles. The Morgan fingerprint density at radius 3 is 2.69 bits per heavy atom. The van der Waals surface area contributed by atoms with Crippen molar-refractivity contribution in [3.63, 3.8) is 0 Å². The summed E-state index contributed by atoms with van der Waals surface area (Å²) in [5.74, 6) is 0.127.